The van der Waals surface area contributed by atoms with Crippen LogP contribution in [-0.2, 0) is 20.8 Å². The molecule has 4 rings (SSSR count). The van der Waals surface area contributed by atoms with Crippen LogP contribution in [-0.4, -0.2) is 55.9 Å². The number of esters is 1. The average Bonchev–Trinajstić information content (AvgIpc) is 3.34. The molecule has 2 N–H and O–H groups in total. The Morgan fingerprint density at radius 3 is 2.76 bits per heavy atom. The molecule has 3 atom stereocenters. The van der Waals surface area contributed by atoms with Gasteiger partial charge < -0.3 is 14.0 Å². The molecular weight excluding hydrogens is 445 g/mol. The van der Waals surface area contributed by atoms with E-state index >= 15 is 4.39 Å². The summed E-state index contributed by atoms with van der Waals surface area (Å²) in [5, 5.41) is 2.43. The highest BCUT2D eigenvalue weighted by atomic mass is 19.1. The Morgan fingerprint density at radius 2 is 2.09 bits per heavy atom. The Kier molecular flexibility index (Phi) is 6.29. The fourth-order valence-electron chi connectivity index (χ4n) is 3.92. The highest BCUT2D eigenvalue weighted by Gasteiger charge is 2.50. The summed E-state index contributed by atoms with van der Waals surface area (Å²) in [5.74, 6) is -0.998. The summed E-state index contributed by atoms with van der Waals surface area (Å²) >= 11 is 0. The Labute approximate surface area is 193 Å². The molecule has 3 heterocycles. The van der Waals surface area contributed by atoms with Crippen LogP contribution in [0.4, 0.5) is 10.3 Å². The summed E-state index contributed by atoms with van der Waals surface area (Å²) in [6.07, 6.45) is -0.317. The van der Waals surface area contributed by atoms with E-state index in [-0.39, 0.29) is 42.3 Å². The predicted molar refractivity (Wildman–Crippen MR) is 121 cm³/mol. The number of nitrogens with zero attached hydrogens (tertiary/aromatic N) is 3. The molecule has 2 aromatic heterocycles. The zero-order chi connectivity index (χ0) is 24.5. The minimum absolute atomic E-state index is 0.0217. The number of benzene rings is 1. The largest absolute Gasteiger partial charge is 0.459 e. The number of nitrogens with one attached hydrogen (secondary N) is 2. The lowest BCUT2D eigenvalue weighted by Crippen LogP contribution is -2.38. The van der Waals surface area contributed by atoms with E-state index in [2.05, 4.69) is 26.8 Å². The van der Waals surface area contributed by atoms with Crippen LogP contribution in [0.25, 0.3) is 11.2 Å². The first-order chi connectivity index (χ1) is 16.2. The van der Waals surface area contributed by atoms with Crippen molar-refractivity contribution in [3.63, 3.8) is 0 Å². The number of fused-ring (bicyclic) bond motifs is 1. The van der Waals surface area contributed by atoms with Crippen molar-refractivity contribution in [2.45, 2.75) is 44.7 Å². The molecule has 1 aliphatic rings. The van der Waals surface area contributed by atoms with Gasteiger partial charge in [0.15, 0.2) is 16.8 Å². The molecule has 1 saturated heterocycles. The minimum atomic E-state index is -1.91. The van der Waals surface area contributed by atoms with Crippen molar-refractivity contribution in [1.82, 2.24) is 19.5 Å². The van der Waals surface area contributed by atoms with Crippen molar-refractivity contribution in [1.29, 1.82) is 0 Å². The maximum absolute atomic E-state index is 15.9. The van der Waals surface area contributed by atoms with Gasteiger partial charge in [0.25, 0.3) is 5.56 Å². The molecule has 3 aromatic rings. The maximum Gasteiger partial charge on any atom is 0.338 e. The van der Waals surface area contributed by atoms with Crippen molar-refractivity contribution in [2.24, 2.45) is 0 Å². The van der Waals surface area contributed by atoms with E-state index in [9.17, 15) is 14.4 Å². The van der Waals surface area contributed by atoms with Gasteiger partial charge in [-0.05, 0) is 24.6 Å². The number of carbonyl (C=O) groups excluding carboxylic acids is 2. The van der Waals surface area contributed by atoms with Crippen molar-refractivity contribution >= 4 is 29.0 Å². The number of aromatic amines is 1. The fraction of sp³-hybridized carbons (Fsp3) is 0.348. The van der Waals surface area contributed by atoms with Gasteiger partial charge in [-0.15, -0.1) is 0 Å². The first-order valence-electron chi connectivity index (χ1n) is 10.6. The smallest absolute Gasteiger partial charge is 0.338 e. The fourth-order valence-corrected chi connectivity index (χ4v) is 3.92. The molecule has 0 saturated carbocycles. The predicted octanol–water partition coefficient (Wildman–Crippen LogP) is 2.38. The molecule has 0 bridgehead atoms. The lowest BCUT2D eigenvalue weighted by atomic mass is 9.89. The van der Waals surface area contributed by atoms with Crippen LogP contribution >= 0.6 is 0 Å². The molecule has 0 aliphatic carbocycles. The number of H-pyrrole nitrogens is 1. The normalized spacial score (nSPS) is 22.0. The number of aromatic nitrogens is 4. The maximum atomic E-state index is 15.9. The van der Waals surface area contributed by atoms with Crippen LogP contribution in [0.5, 0.6) is 0 Å². The summed E-state index contributed by atoms with van der Waals surface area (Å²) in [4.78, 5) is 46.7. The molecule has 1 fully saturated rings. The first-order valence-corrected chi connectivity index (χ1v) is 10.6. The number of imidazole rings is 1. The molecule has 34 heavy (non-hydrogen) atoms. The third kappa shape index (κ3) is 4.60. The van der Waals surface area contributed by atoms with Crippen LogP contribution in [0.3, 0.4) is 0 Å². The van der Waals surface area contributed by atoms with Gasteiger partial charge in [0.05, 0.1) is 24.5 Å². The van der Waals surface area contributed by atoms with Gasteiger partial charge in [-0.25, -0.2) is 14.2 Å². The second-order valence-electron chi connectivity index (χ2n) is 8.22. The Balaban J connectivity index is 1.52. The molecular formula is C23H24FN5O5. The van der Waals surface area contributed by atoms with Crippen molar-refractivity contribution in [2.75, 3.05) is 11.9 Å². The number of halogens is 1. The topological polar surface area (TPSA) is 128 Å². The molecule has 11 heteroatoms. The standard InChI is InChI=1S/C23H24FN5O5/c1-13(2)23(24)9-16(34-17(23)11-33-21(32)15-7-5-4-6-8-15)10-29-12-25-18-19(29)27-22(26-14(3)30)28-20(18)31/h4-8,12,16-17H,1,9-11H2,2-3H3,(H2,26,27,28,30,31)/t16-,17-,23?/m1/s1. The molecule has 10 nitrogen and oxygen atoms in total. The van der Waals surface area contributed by atoms with Gasteiger partial charge in [0, 0.05) is 13.3 Å². The molecule has 1 unspecified atom stereocenters. The number of carbonyl (C=O) groups is 2. The third-order valence-electron chi connectivity index (χ3n) is 5.65. The Bertz CT molecular complexity index is 1300. The summed E-state index contributed by atoms with van der Waals surface area (Å²) < 4.78 is 28.7. The summed E-state index contributed by atoms with van der Waals surface area (Å²) in [6.45, 7) is 6.46. The highest BCUT2D eigenvalue weighted by molar-refractivity contribution is 5.89. The van der Waals surface area contributed by atoms with Crippen molar-refractivity contribution in [3.05, 3.63) is 64.7 Å². The molecule has 178 valence electrons. The first kappa shape index (κ1) is 23.3. The van der Waals surface area contributed by atoms with Crippen molar-refractivity contribution in [3.8, 4) is 0 Å². The van der Waals surface area contributed by atoms with Crippen LogP contribution in [0.2, 0.25) is 0 Å². The molecule has 1 aliphatic heterocycles. The minimum Gasteiger partial charge on any atom is -0.459 e. The molecule has 1 aromatic carbocycles. The Hall–Kier alpha value is -3.86. The van der Waals surface area contributed by atoms with Crippen LogP contribution in [0, 0.1) is 0 Å². The number of alkyl halides is 1. The number of ether oxygens (including phenoxy) is 2. The van der Waals surface area contributed by atoms with Gasteiger partial charge in [0.1, 0.15) is 12.7 Å². The van der Waals surface area contributed by atoms with E-state index in [0.29, 0.717) is 5.56 Å². The number of amides is 1. The zero-order valence-corrected chi connectivity index (χ0v) is 18.7. The number of anilines is 1. The number of hydrogen-bond donors (Lipinski definition) is 2. The van der Waals surface area contributed by atoms with E-state index in [0.717, 1.165) is 0 Å². The van der Waals surface area contributed by atoms with Gasteiger partial charge in [-0.2, -0.15) is 4.98 Å². The molecule has 0 spiro atoms. The van der Waals surface area contributed by atoms with E-state index in [4.69, 9.17) is 9.47 Å². The zero-order valence-electron chi connectivity index (χ0n) is 18.7. The quantitative estimate of drug-likeness (QED) is 0.402. The second kappa shape index (κ2) is 9.18. The van der Waals surface area contributed by atoms with E-state index < -0.39 is 35.3 Å². The monoisotopic (exact) mass is 469 g/mol. The molecule has 1 amide bonds. The molecule has 0 radical (unpaired) electrons. The lowest BCUT2D eigenvalue weighted by molar-refractivity contribution is -0.114. The van der Waals surface area contributed by atoms with Crippen LogP contribution in [0.1, 0.15) is 30.6 Å². The van der Waals surface area contributed by atoms with Gasteiger partial charge in [0.2, 0.25) is 11.9 Å². The summed E-state index contributed by atoms with van der Waals surface area (Å²) in [7, 11) is 0. The summed E-state index contributed by atoms with van der Waals surface area (Å²) in [5.41, 5.74) is -1.53. The van der Waals surface area contributed by atoms with Gasteiger partial charge in [-0.3, -0.25) is 19.9 Å². The van der Waals surface area contributed by atoms with Crippen LogP contribution < -0.4 is 10.9 Å². The second-order valence-corrected chi connectivity index (χ2v) is 8.22. The van der Waals surface area contributed by atoms with Crippen LogP contribution in [0.15, 0.2) is 53.6 Å². The summed E-state index contributed by atoms with van der Waals surface area (Å²) in [6, 6.07) is 8.40. The van der Waals surface area contributed by atoms with E-state index in [1.54, 1.807) is 41.8 Å². The van der Waals surface area contributed by atoms with E-state index in [1.807, 2.05) is 0 Å². The van der Waals surface area contributed by atoms with Gasteiger partial charge >= 0.3 is 5.97 Å². The lowest BCUT2D eigenvalue weighted by Gasteiger charge is -2.25. The van der Waals surface area contributed by atoms with Gasteiger partial charge in [-0.1, -0.05) is 24.8 Å². The van der Waals surface area contributed by atoms with E-state index in [1.165, 1.54) is 13.3 Å². The third-order valence-corrected chi connectivity index (χ3v) is 5.65. The van der Waals surface area contributed by atoms with Crippen molar-refractivity contribution < 1.29 is 23.5 Å². The highest BCUT2D eigenvalue weighted by Crippen LogP contribution is 2.40. The average molecular weight is 469 g/mol. The number of hydrogen-bond acceptors (Lipinski definition) is 7. The Morgan fingerprint density at radius 1 is 1.35 bits per heavy atom. The number of rotatable bonds is 7. The SMILES string of the molecule is C=C(C)C1(F)C[C@H](Cn2cnc3c(=O)[nH]c(NC(C)=O)nc32)O[C@@H]1COC(=O)c1ccccc1.